The summed E-state index contributed by atoms with van der Waals surface area (Å²) < 4.78 is 19.0. The first kappa shape index (κ1) is 15.0. The number of rotatable bonds is 5. The van der Waals surface area contributed by atoms with Crippen LogP contribution in [0.2, 0.25) is 5.02 Å². The number of benzene rings is 1. The van der Waals surface area contributed by atoms with E-state index in [9.17, 15) is 4.39 Å². The minimum atomic E-state index is -0.354. The van der Waals surface area contributed by atoms with Crippen LogP contribution in [-0.2, 0) is 6.54 Å². The average molecular weight is 297 g/mol. The van der Waals surface area contributed by atoms with Crippen LogP contribution in [0.25, 0.3) is 0 Å². The normalized spacial score (nSPS) is 12.9. The number of hydrogen-bond acceptors (Lipinski definition) is 3. The monoisotopic (exact) mass is 296 g/mol. The van der Waals surface area contributed by atoms with Crippen molar-refractivity contribution in [1.29, 1.82) is 0 Å². The van der Waals surface area contributed by atoms with Crippen molar-refractivity contribution in [3.63, 3.8) is 0 Å². The van der Waals surface area contributed by atoms with Crippen molar-refractivity contribution in [3.05, 3.63) is 58.3 Å². The number of likely N-dealkylation sites (N-methyl/N-ethyl adjacent to an activating group) is 1. The molecule has 20 heavy (non-hydrogen) atoms. The van der Waals surface area contributed by atoms with Crippen LogP contribution in [-0.4, -0.2) is 18.5 Å². The second-order valence-electron chi connectivity index (χ2n) is 4.88. The first-order valence-corrected chi connectivity index (χ1v) is 6.79. The van der Waals surface area contributed by atoms with Gasteiger partial charge in [-0.15, -0.1) is 0 Å². The van der Waals surface area contributed by atoms with Crippen molar-refractivity contribution in [3.8, 4) is 0 Å². The van der Waals surface area contributed by atoms with Crippen molar-refractivity contribution in [2.24, 2.45) is 5.73 Å². The molecule has 2 aromatic rings. The quantitative estimate of drug-likeness (QED) is 0.918. The van der Waals surface area contributed by atoms with Crippen LogP contribution < -0.4 is 5.73 Å². The Morgan fingerprint density at radius 3 is 2.65 bits per heavy atom. The Hall–Kier alpha value is -1.36. The second-order valence-corrected chi connectivity index (χ2v) is 5.32. The van der Waals surface area contributed by atoms with Gasteiger partial charge in [0.05, 0.1) is 6.54 Å². The molecule has 108 valence electrons. The molecular weight excluding hydrogens is 279 g/mol. The van der Waals surface area contributed by atoms with E-state index < -0.39 is 0 Å². The van der Waals surface area contributed by atoms with Gasteiger partial charge in [-0.25, -0.2) is 4.39 Å². The molecule has 2 rings (SSSR count). The molecule has 0 saturated heterocycles. The first-order valence-electron chi connectivity index (χ1n) is 6.41. The molecule has 1 unspecified atom stereocenters. The van der Waals surface area contributed by atoms with Crippen LogP contribution in [0.15, 0.2) is 34.7 Å². The van der Waals surface area contributed by atoms with E-state index in [2.05, 4.69) is 0 Å². The summed E-state index contributed by atoms with van der Waals surface area (Å²) >= 11 is 5.90. The third-order valence-corrected chi connectivity index (χ3v) is 3.44. The van der Waals surface area contributed by atoms with E-state index in [1.54, 1.807) is 6.07 Å². The summed E-state index contributed by atoms with van der Waals surface area (Å²) in [6, 6.07) is 8.22. The SMILES string of the molecule is Cc1ccc(CN(C)C(CN)c2cc(F)cc(Cl)c2)o1. The molecule has 2 N–H and O–H groups in total. The van der Waals surface area contributed by atoms with Gasteiger partial charge in [-0.2, -0.15) is 0 Å². The Kier molecular flexibility index (Phi) is 4.81. The molecule has 1 heterocycles. The van der Waals surface area contributed by atoms with Crippen LogP contribution in [0.1, 0.15) is 23.1 Å². The number of aryl methyl sites for hydroxylation is 1. The number of nitrogens with zero attached hydrogens (tertiary/aromatic N) is 1. The fraction of sp³-hybridized carbons (Fsp3) is 0.333. The summed E-state index contributed by atoms with van der Waals surface area (Å²) in [5, 5.41) is 0.376. The largest absolute Gasteiger partial charge is 0.465 e. The van der Waals surface area contributed by atoms with Crippen LogP contribution in [0.4, 0.5) is 4.39 Å². The van der Waals surface area contributed by atoms with E-state index in [-0.39, 0.29) is 11.9 Å². The second kappa shape index (κ2) is 6.39. The van der Waals surface area contributed by atoms with Crippen LogP contribution in [0.3, 0.4) is 0 Å². The zero-order valence-electron chi connectivity index (χ0n) is 11.6. The molecule has 3 nitrogen and oxygen atoms in total. The lowest BCUT2D eigenvalue weighted by Crippen LogP contribution is -2.30. The van der Waals surface area contributed by atoms with Crippen LogP contribution in [0.5, 0.6) is 0 Å². The molecule has 0 aliphatic rings. The van der Waals surface area contributed by atoms with E-state index in [0.717, 1.165) is 17.1 Å². The fourth-order valence-electron chi connectivity index (χ4n) is 2.26. The third-order valence-electron chi connectivity index (χ3n) is 3.23. The van der Waals surface area contributed by atoms with Crippen molar-refractivity contribution < 1.29 is 8.81 Å². The van der Waals surface area contributed by atoms with Gasteiger partial charge in [-0.1, -0.05) is 11.6 Å². The minimum Gasteiger partial charge on any atom is -0.465 e. The number of nitrogens with two attached hydrogens (primary N) is 1. The Balaban J connectivity index is 2.18. The van der Waals surface area contributed by atoms with Gasteiger partial charge in [0.15, 0.2) is 0 Å². The van der Waals surface area contributed by atoms with Crippen LogP contribution >= 0.6 is 11.6 Å². The van der Waals surface area contributed by atoms with Crippen molar-refractivity contribution in [2.75, 3.05) is 13.6 Å². The fourth-order valence-corrected chi connectivity index (χ4v) is 2.49. The minimum absolute atomic E-state index is 0.117. The topological polar surface area (TPSA) is 42.4 Å². The maximum Gasteiger partial charge on any atom is 0.125 e. The molecule has 0 saturated carbocycles. The number of hydrogen-bond donors (Lipinski definition) is 1. The van der Waals surface area contributed by atoms with Gasteiger partial charge in [-0.05, 0) is 49.9 Å². The maximum absolute atomic E-state index is 13.5. The van der Waals surface area contributed by atoms with E-state index in [1.165, 1.54) is 12.1 Å². The van der Waals surface area contributed by atoms with Crippen molar-refractivity contribution in [2.45, 2.75) is 19.5 Å². The van der Waals surface area contributed by atoms with Gasteiger partial charge in [0.1, 0.15) is 17.3 Å². The average Bonchev–Trinajstić information content (AvgIpc) is 2.74. The molecule has 0 bridgehead atoms. The zero-order chi connectivity index (χ0) is 14.7. The molecule has 5 heteroatoms. The molecule has 0 aliphatic heterocycles. The van der Waals surface area contributed by atoms with Gasteiger partial charge >= 0.3 is 0 Å². The molecule has 0 aliphatic carbocycles. The Bertz CT molecular complexity index is 565. The highest BCUT2D eigenvalue weighted by Crippen LogP contribution is 2.24. The molecule has 0 amide bonds. The van der Waals surface area contributed by atoms with E-state index in [0.29, 0.717) is 18.1 Å². The van der Waals surface area contributed by atoms with Crippen molar-refractivity contribution >= 4 is 11.6 Å². The first-order chi connectivity index (χ1) is 9.49. The summed E-state index contributed by atoms with van der Waals surface area (Å²) in [5.41, 5.74) is 6.59. The van der Waals surface area contributed by atoms with Gasteiger partial charge in [0.25, 0.3) is 0 Å². The number of furan rings is 1. The smallest absolute Gasteiger partial charge is 0.125 e. The van der Waals surface area contributed by atoms with Gasteiger partial charge in [0.2, 0.25) is 0 Å². The zero-order valence-corrected chi connectivity index (χ0v) is 12.3. The lowest BCUT2D eigenvalue weighted by Gasteiger charge is -2.26. The predicted octanol–water partition coefficient (Wildman–Crippen LogP) is 3.51. The van der Waals surface area contributed by atoms with Crippen LogP contribution in [0, 0.1) is 12.7 Å². The van der Waals surface area contributed by atoms with Gasteiger partial charge in [0, 0.05) is 17.6 Å². The summed E-state index contributed by atoms with van der Waals surface area (Å²) in [6.07, 6.45) is 0. The highest BCUT2D eigenvalue weighted by Gasteiger charge is 2.18. The highest BCUT2D eigenvalue weighted by molar-refractivity contribution is 6.30. The van der Waals surface area contributed by atoms with Gasteiger partial charge < -0.3 is 10.2 Å². The Morgan fingerprint density at radius 1 is 1.35 bits per heavy atom. The lowest BCUT2D eigenvalue weighted by atomic mass is 10.1. The molecule has 1 aromatic heterocycles. The molecule has 1 atom stereocenters. The molecule has 1 aromatic carbocycles. The summed E-state index contributed by atoms with van der Waals surface area (Å²) in [6.45, 7) is 2.87. The van der Waals surface area contributed by atoms with E-state index >= 15 is 0 Å². The highest BCUT2D eigenvalue weighted by atomic mass is 35.5. The lowest BCUT2D eigenvalue weighted by molar-refractivity contribution is 0.221. The van der Waals surface area contributed by atoms with E-state index in [1.807, 2.05) is 31.0 Å². The summed E-state index contributed by atoms with van der Waals surface area (Å²) in [5.74, 6) is 1.37. The summed E-state index contributed by atoms with van der Waals surface area (Å²) in [7, 11) is 1.92. The summed E-state index contributed by atoms with van der Waals surface area (Å²) in [4.78, 5) is 2.02. The van der Waals surface area contributed by atoms with Crippen molar-refractivity contribution in [1.82, 2.24) is 4.90 Å². The molecule has 0 spiro atoms. The number of halogens is 2. The van der Waals surface area contributed by atoms with Gasteiger partial charge in [-0.3, -0.25) is 4.90 Å². The molecular formula is C15H18ClFN2O. The van der Waals surface area contributed by atoms with E-state index in [4.69, 9.17) is 21.8 Å². The third kappa shape index (κ3) is 3.60. The standard InChI is InChI=1S/C15H18ClFN2O/c1-10-3-4-14(20-10)9-19(2)15(8-18)11-5-12(16)7-13(17)6-11/h3-7,15H,8-9,18H2,1-2H3. The molecule has 0 radical (unpaired) electrons. The maximum atomic E-state index is 13.5. The Labute approximate surface area is 123 Å². The Morgan fingerprint density at radius 2 is 2.10 bits per heavy atom. The predicted molar refractivity (Wildman–Crippen MR) is 78.1 cm³/mol. The molecule has 0 fully saturated rings.